The minimum absolute atomic E-state index is 0.0841. The van der Waals surface area contributed by atoms with E-state index in [0.717, 1.165) is 11.8 Å². The molecule has 0 aliphatic carbocycles. The van der Waals surface area contributed by atoms with Gasteiger partial charge in [0.05, 0.1) is 17.1 Å². The standard InChI is InChI=1S/C12H13N5O2S/c13-7-3-1-2-4-8(7)15-11(19)6-20-12-16-9(14)5-10(18)17-12/h1-5H,6,13H2,(H,15,19)(H3,14,16,17,18). The van der Waals surface area contributed by atoms with Crippen molar-refractivity contribution in [1.29, 1.82) is 0 Å². The fourth-order valence-corrected chi connectivity index (χ4v) is 2.14. The van der Waals surface area contributed by atoms with Crippen LogP contribution in [-0.4, -0.2) is 21.6 Å². The number of carbonyl (C=O) groups is 1. The van der Waals surface area contributed by atoms with Crippen LogP contribution in [0.5, 0.6) is 0 Å². The van der Waals surface area contributed by atoms with Gasteiger partial charge < -0.3 is 21.8 Å². The molecule has 0 aliphatic heterocycles. The van der Waals surface area contributed by atoms with Gasteiger partial charge in [-0.3, -0.25) is 9.59 Å². The Hall–Kier alpha value is -2.48. The third kappa shape index (κ3) is 3.75. The summed E-state index contributed by atoms with van der Waals surface area (Å²) in [6.07, 6.45) is 0. The molecule has 1 heterocycles. The molecule has 0 aliphatic rings. The van der Waals surface area contributed by atoms with Gasteiger partial charge >= 0.3 is 0 Å². The van der Waals surface area contributed by atoms with Crippen molar-refractivity contribution in [3.05, 3.63) is 40.7 Å². The monoisotopic (exact) mass is 291 g/mol. The summed E-state index contributed by atoms with van der Waals surface area (Å²) >= 11 is 1.08. The minimum atomic E-state index is -0.354. The Morgan fingerprint density at radius 3 is 2.80 bits per heavy atom. The molecule has 1 aromatic heterocycles. The second-order valence-corrected chi connectivity index (χ2v) is 4.86. The number of nitrogens with two attached hydrogens (primary N) is 2. The molecule has 20 heavy (non-hydrogen) atoms. The fourth-order valence-electron chi connectivity index (χ4n) is 1.45. The number of thioether (sulfide) groups is 1. The highest BCUT2D eigenvalue weighted by atomic mass is 32.2. The van der Waals surface area contributed by atoms with E-state index in [1.807, 2.05) is 0 Å². The van der Waals surface area contributed by atoms with E-state index in [1.165, 1.54) is 6.07 Å². The zero-order valence-corrected chi connectivity index (χ0v) is 11.2. The molecule has 0 spiro atoms. The molecule has 8 heteroatoms. The molecule has 1 amide bonds. The van der Waals surface area contributed by atoms with Crippen molar-refractivity contribution in [3.8, 4) is 0 Å². The highest BCUT2D eigenvalue weighted by Crippen LogP contribution is 2.18. The topological polar surface area (TPSA) is 127 Å². The summed E-state index contributed by atoms with van der Waals surface area (Å²) in [4.78, 5) is 29.4. The molecule has 2 aromatic rings. The summed E-state index contributed by atoms with van der Waals surface area (Å²) in [5, 5.41) is 2.97. The Kier molecular flexibility index (Phi) is 4.26. The molecule has 1 aromatic carbocycles. The SMILES string of the molecule is Nc1cc(=O)[nH]c(SCC(=O)Nc2ccccc2N)n1. The smallest absolute Gasteiger partial charge is 0.253 e. The first-order chi connectivity index (χ1) is 9.54. The van der Waals surface area contributed by atoms with Gasteiger partial charge in [-0.25, -0.2) is 4.98 Å². The number of anilines is 3. The van der Waals surface area contributed by atoms with E-state index in [9.17, 15) is 9.59 Å². The van der Waals surface area contributed by atoms with Crippen LogP contribution < -0.4 is 22.3 Å². The lowest BCUT2D eigenvalue weighted by atomic mass is 10.3. The molecule has 0 saturated carbocycles. The summed E-state index contributed by atoms with van der Waals surface area (Å²) in [6, 6.07) is 8.13. The van der Waals surface area contributed by atoms with Gasteiger partial charge in [0, 0.05) is 6.07 Å². The molecule has 0 atom stereocenters. The van der Waals surface area contributed by atoms with Crippen LogP contribution in [0.3, 0.4) is 0 Å². The summed E-state index contributed by atoms with van der Waals surface area (Å²) < 4.78 is 0. The van der Waals surface area contributed by atoms with Crippen molar-refractivity contribution in [2.75, 3.05) is 22.5 Å². The molecule has 0 unspecified atom stereocenters. The van der Waals surface area contributed by atoms with E-state index in [2.05, 4.69) is 15.3 Å². The largest absolute Gasteiger partial charge is 0.397 e. The third-order valence-corrected chi connectivity index (χ3v) is 3.19. The number of hydrogen-bond donors (Lipinski definition) is 4. The Bertz CT molecular complexity index is 686. The number of rotatable bonds is 4. The molecular formula is C12H13N5O2S. The van der Waals surface area contributed by atoms with Crippen molar-refractivity contribution in [2.45, 2.75) is 5.16 Å². The molecular weight excluding hydrogens is 278 g/mol. The van der Waals surface area contributed by atoms with Gasteiger partial charge in [0.15, 0.2) is 5.16 Å². The first kappa shape index (κ1) is 13.9. The zero-order chi connectivity index (χ0) is 14.5. The van der Waals surface area contributed by atoms with Crippen LogP contribution in [0, 0.1) is 0 Å². The predicted molar refractivity (Wildman–Crippen MR) is 79.5 cm³/mol. The summed E-state index contributed by atoms with van der Waals surface area (Å²) in [7, 11) is 0. The minimum Gasteiger partial charge on any atom is -0.397 e. The maximum absolute atomic E-state index is 11.8. The summed E-state index contributed by atoms with van der Waals surface area (Å²) in [5.74, 6) is -0.0530. The van der Waals surface area contributed by atoms with Crippen LogP contribution in [0.25, 0.3) is 0 Å². The number of aromatic amines is 1. The van der Waals surface area contributed by atoms with Crippen molar-refractivity contribution >= 4 is 34.9 Å². The molecule has 7 nitrogen and oxygen atoms in total. The van der Waals surface area contributed by atoms with E-state index < -0.39 is 0 Å². The van der Waals surface area contributed by atoms with Gasteiger partial charge in [-0.05, 0) is 12.1 Å². The molecule has 0 bridgehead atoms. The fraction of sp³-hybridized carbons (Fsp3) is 0.0833. The van der Waals surface area contributed by atoms with Crippen LogP contribution in [0.15, 0.2) is 40.3 Å². The third-order valence-electron chi connectivity index (χ3n) is 2.31. The molecule has 0 fully saturated rings. The van der Waals surface area contributed by atoms with E-state index in [-0.39, 0.29) is 23.0 Å². The molecule has 0 radical (unpaired) electrons. The number of para-hydroxylation sites is 2. The number of aromatic nitrogens is 2. The number of H-pyrrole nitrogens is 1. The van der Waals surface area contributed by atoms with Crippen molar-refractivity contribution < 1.29 is 4.79 Å². The van der Waals surface area contributed by atoms with Gasteiger partial charge in [-0.15, -0.1) is 0 Å². The summed E-state index contributed by atoms with van der Waals surface area (Å²) in [6.45, 7) is 0. The first-order valence-corrected chi connectivity index (χ1v) is 6.67. The Labute approximate surface area is 118 Å². The number of amides is 1. The second kappa shape index (κ2) is 6.11. The maximum Gasteiger partial charge on any atom is 0.253 e. The Morgan fingerprint density at radius 1 is 1.35 bits per heavy atom. The average Bonchev–Trinajstić information content (AvgIpc) is 2.38. The van der Waals surface area contributed by atoms with E-state index in [0.29, 0.717) is 16.5 Å². The number of carbonyl (C=O) groups excluding carboxylic acids is 1. The highest BCUT2D eigenvalue weighted by molar-refractivity contribution is 7.99. The van der Waals surface area contributed by atoms with Crippen LogP contribution in [0.2, 0.25) is 0 Å². The van der Waals surface area contributed by atoms with Crippen molar-refractivity contribution in [1.82, 2.24) is 9.97 Å². The van der Waals surface area contributed by atoms with Gasteiger partial charge in [0.1, 0.15) is 5.82 Å². The lowest BCUT2D eigenvalue weighted by Crippen LogP contribution is -2.16. The van der Waals surface area contributed by atoms with Crippen LogP contribution in [0.1, 0.15) is 0 Å². The van der Waals surface area contributed by atoms with Crippen LogP contribution in [-0.2, 0) is 4.79 Å². The van der Waals surface area contributed by atoms with Crippen LogP contribution in [0.4, 0.5) is 17.2 Å². The van der Waals surface area contributed by atoms with E-state index in [4.69, 9.17) is 11.5 Å². The Morgan fingerprint density at radius 2 is 2.10 bits per heavy atom. The average molecular weight is 291 g/mol. The number of nitrogens with one attached hydrogen (secondary N) is 2. The summed E-state index contributed by atoms with van der Waals surface area (Å²) in [5.41, 5.74) is 11.8. The van der Waals surface area contributed by atoms with Crippen LogP contribution >= 0.6 is 11.8 Å². The number of benzene rings is 1. The molecule has 2 rings (SSSR count). The van der Waals surface area contributed by atoms with Gasteiger partial charge in [0.25, 0.3) is 5.56 Å². The molecule has 104 valence electrons. The molecule has 0 saturated heterocycles. The highest BCUT2D eigenvalue weighted by Gasteiger charge is 2.07. The van der Waals surface area contributed by atoms with Crippen molar-refractivity contribution in [3.63, 3.8) is 0 Å². The number of nitrogens with zero attached hydrogens (tertiary/aromatic N) is 1. The van der Waals surface area contributed by atoms with E-state index >= 15 is 0 Å². The predicted octanol–water partition coefficient (Wildman–Crippen LogP) is 0.665. The Balaban J connectivity index is 1.96. The first-order valence-electron chi connectivity index (χ1n) is 5.68. The zero-order valence-electron chi connectivity index (χ0n) is 10.4. The maximum atomic E-state index is 11.8. The number of hydrogen-bond acceptors (Lipinski definition) is 6. The molecule has 6 N–H and O–H groups in total. The van der Waals surface area contributed by atoms with Gasteiger partial charge in [0.2, 0.25) is 5.91 Å². The van der Waals surface area contributed by atoms with Gasteiger partial charge in [-0.2, -0.15) is 0 Å². The quantitative estimate of drug-likeness (QED) is 0.372. The number of nitrogen functional groups attached to an aromatic ring is 2. The normalized spacial score (nSPS) is 10.2. The lowest BCUT2D eigenvalue weighted by Gasteiger charge is -2.07. The van der Waals surface area contributed by atoms with Gasteiger partial charge in [-0.1, -0.05) is 23.9 Å². The van der Waals surface area contributed by atoms with Crippen molar-refractivity contribution in [2.24, 2.45) is 0 Å². The lowest BCUT2D eigenvalue weighted by molar-refractivity contribution is -0.113. The van der Waals surface area contributed by atoms with E-state index in [1.54, 1.807) is 24.3 Å². The second-order valence-electron chi connectivity index (χ2n) is 3.90.